The lowest BCUT2D eigenvalue weighted by atomic mass is 10.2. The first-order valence-electron chi connectivity index (χ1n) is 4.67. The molecule has 0 fully saturated rings. The Hall–Kier alpha value is -1.59. The summed E-state index contributed by atoms with van der Waals surface area (Å²) in [6, 6.07) is 0. The molecule has 1 rings (SSSR count). The van der Waals surface area contributed by atoms with E-state index in [1.165, 1.54) is 6.20 Å². The standard InChI is InChI=1S/C8H14N4O2/c1-2-3-4-5-9-7-6-10-11-8(7)12(13)14/h6,9H,2-5H2,1H3,(H,10,11). The molecule has 0 unspecified atom stereocenters. The minimum atomic E-state index is -0.477. The average molecular weight is 198 g/mol. The summed E-state index contributed by atoms with van der Waals surface area (Å²) in [5.74, 6) is -0.0681. The smallest absolute Gasteiger partial charge is 0.366 e. The second-order valence-electron chi connectivity index (χ2n) is 3.02. The lowest BCUT2D eigenvalue weighted by Gasteiger charge is -2.01. The van der Waals surface area contributed by atoms with Crippen molar-refractivity contribution in [2.24, 2.45) is 0 Å². The third kappa shape index (κ3) is 2.72. The zero-order chi connectivity index (χ0) is 10.4. The molecule has 1 aromatic rings. The van der Waals surface area contributed by atoms with Crippen LogP contribution < -0.4 is 5.32 Å². The molecule has 0 saturated carbocycles. The van der Waals surface area contributed by atoms with Crippen LogP contribution in [0.5, 0.6) is 0 Å². The normalized spacial score (nSPS) is 10.1. The van der Waals surface area contributed by atoms with Crippen LogP contribution in [0.1, 0.15) is 26.2 Å². The van der Waals surface area contributed by atoms with Crippen molar-refractivity contribution in [3.05, 3.63) is 16.3 Å². The average Bonchev–Trinajstić information content (AvgIpc) is 2.60. The number of anilines is 1. The molecule has 2 N–H and O–H groups in total. The zero-order valence-corrected chi connectivity index (χ0v) is 8.12. The molecule has 0 amide bonds. The van der Waals surface area contributed by atoms with Crippen molar-refractivity contribution in [2.75, 3.05) is 11.9 Å². The molecule has 14 heavy (non-hydrogen) atoms. The van der Waals surface area contributed by atoms with Crippen molar-refractivity contribution in [3.63, 3.8) is 0 Å². The Morgan fingerprint density at radius 3 is 3.07 bits per heavy atom. The Morgan fingerprint density at radius 2 is 2.43 bits per heavy atom. The monoisotopic (exact) mass is 198 g/mol. The quantitative estimate of drug-likeness (QED) is 0.415. The number of unbranched alkanes of at least 4 members (excludes halogenated alkanes) is 2. The molecule has 1 aromatic heterocycles. The Morgan fingerprint density at radius 1 is 1.64 bits per heavy atom. The Bertz CT molecular complexity index is 297. The van der Waals surface area contributed by atoms with Crippen LogP contribution in [0.3, 0.4) is 0 Å². The van der Waals surface area contributed by atoms with E-state index in [-0.39, 0.29) is 5.82 Å². The minimum absolute atomic E-state index is 0.0681. The predicted molar refractivity (Wildman–Crippen MR) is 53.3 cm³/mol. The summed E-state index contributed by atoms with van der Waals surface area (Å²) in [7, 11) is 0. The molecule has 6 heteroatoms. The lowest BCUT2D eigenvalue weighted by Crippen LogP contribution is -2.02. The van der Waals surface area contributed by atoms with E-state index in [0.29, 0.717) is 5.69 Å². The maximum atomic E-state index is 10.5. The maximum absolute atomic E-state index is 10.5. The first-order chi connectivity index (χ1) is 6.75. The molecule has 6 nitrogen and oxygen atoms in total. The zero-order valence-electron chi connectivity index (χ0n) is 8.12. The summed E-state index contributed by atoms with van der Waals surface area (Å²) in [5, 5.41) is 19.4. The van der Waals surface area contributed by atoms with Gasteiger partial charge in [-0.15, -0.1) is 5.10 Å². The van der Waals surface area contributed by atoms with Gasteiger partial charge in [-0.1, -0.05) is 24.9 Å². The van der Waals surface area contributed by atoms with Gasteiger partial charge in [-0.2, -0.15) is 0 Å². The fourth-order valence-corrected chi connectivity index (χ4v) is 1.15. The van der Waals surface area contributed by atoms with Crippen LogP contribution in [0.25, 0.3) is 0 Å². The molecular weight excluding hydrogens is 184 g/mol. The highest BCUT2D eigenvalue weighted by Crippen LogP contribution is 2.19. The summed E-state index contributed by atoms with van der Waals surface area (Å²) in [6.45, 7) is 2.86. The number of hydrogen-bond acceptors (Lipinski definition) is 4. The second kappa shape index (κ2) is 5.21. The van der Waals surface area contributed by atoms with Crippen molar-refractivity contribution >= 4 is 11.5 Å². The van der Waals surface area contributed by atoms with E-state index in [4.69, 9.17) is 0 Å². The first-order valence-corrected chi connectivity index (χ1v) is 4.67. The number of hydrogen-bond donors (Lipinski definition) is 2. The number of aromatic nitrogens is 2. The Labute approximate surface area is 81.9 Å². The molecule has 78 valence electrons. The van der Waals surface area contributed by atoms with E-state index < -0.39 is 4.92 Å². The molecule has 1 heterocycles. The molecule has 0 atom stereocenters. The predicted octanol–water partition coefficient (Wildman–Crippen LogP) is 1.92. The van der Waals surface area contributed by atoms with Crippen LogP contribution in [0.2, 0.25) is 0 Å². The fraction of sp³-hybridized carbons (Fsp3) is 0.625. The summed E-state index contributed by atoms with van der Waals surface area (Å²) >= 11 is 0. The van der Waals surface area contributed by atoms with E-state index in [1.807, 2.05) is 0 Å². The van der Waals surface area contributed by atoms with E-state index in [9.17, 15) is 10.1 Å². The number of H-pyrrole nitrogens is 1. The van der Waals surface area contributed by atoms with Gasteiger partial charge in [0, 0.05) is 6.54 Å². The van der Waals surface area contributed by atoms with Gasteiger partial charge in [-0.3, -0.25) is 0 Å². The topological polar surface area (TPSA) is 83.8 Å². The molecule has 0 spiro atoms. The summed E-state index contributed by atoms with van der Waals surface area (Å²) in [6.07, 6.45) is 4.71. The van der Waals surface area contributed by atoms with Gasteiger partial charge in [0.15, 0.2) is 5.69 Å². The van der Waals surface area contributed by atoms with Gasteiger partial charge in [0.2, 0.25) is 0 Å². The summed E-state index contributed by atoms with van der Waals surface area (Å²) in [4.78, 5) is 9.99. The van der Waals surface area contributed by atoms with Crippen LogP contribution >= 0.6 is 0 Å². The van der Waals surface area contributed by atoms with Gasteiger partial charge in [-0.05, 0) is 11.3 Å². The number of nitrogens with one attached hydrogen (secondary N) is 2. The first kappa shape index (κ1) is 10.5. The van der Waals surface area contributed by atoms with Gasteiger partial charge < -0.3 is 15.4 Å². The van der Waals surface area contributed by atoms with Crippen molar-refractivity contribution < 1.29 is 4.92 Å². The highest BCUT2D eigenvalue weighted by Gasteiger charge is 2.13. The van der Waals surface area contributed by atoms with Gasteiger partial charge in [0.25, 0.3) is 0 Å². The Kier molecular flexibility index (Phi) is 3.90. The molecule has 0 radical (unpaired) electrons. The number of nitrogens with zero attached hydrogens (tertiary/aromatic N) is 2. The lowest BCUT2D eigenvalue weighted by molar-refractivity contribution is -0.388. The molecule has 0 aliphatic heterocycles. The third-order valence-corrected chi connectivity index (χ3v) is 1.90. The summed E-state index contributed by atoms with van der Waals surface area (Å²) < 4.78 is 0. The summed E-state index contributed by atoms with van der Waals surface area (Å²) in [5.41, 5.74) is 0.464. The molecule has 0 saturated heterocycles. The second-order valence-corrected chi connectivity index (χ2v) is 3.02. The minimum Gasteiger partial charge on any atom is -0.377 e. The van der Waals surface area contributed by atoms with E-state index in [0.717, 1.165) is 25.8 Å². The van der Waals surface area contributed by atoms with E-state index in [2.05, 4.69) is 22.4 Å². The third-order valence-electron chi connectivity index (χ3n) is 1.90. The van der Waals surface area contributed by atoms with Crippen LogP contribution in [0, 0.1) is 10.1 Å². The van der Waals surface area contributed by atoms with Gasteiger partial charge >= 0.3 is 5.82 Å². The molecule has 0 aromatic carbocycles. The number of aromatic amines is 1. The maximum Gasteiger partial charge on any atom is 0.366 e. The van der Waals surface area contributed by atoms with Gasteiger partial charge in [0.05, 0.1) is 0 Å². The largest absolute Gasteiger partial charge is 0.377 e. The van der Waals surface area contributed by atoms with Gasteiger partial charge in [0.1, 0.15) is 6.20 Å². The highest BCUT2D eigenvalue weighted by molar-refractivity contribution is 5.55. The van der Waals surface area contributed by atoms with Crippen LogP contribution in [-0.4, -0.2) is 21.7 Å². The van der Waals surface area contributed by atoms with Crippen molar-refractivity contribution in [3.8, 4) is 0 Å². The fourth-order valence-electron chi connectivity index (χ4n) is 1.15. The van der Waals surface area contributed by atoms with Crippen molar-refractivity contribution in [1.29, 1.82) is 0 Å². The van der Waals surface area contributed by atoms with E-state index in [1.54, 1.807) is 0 Å². The van der Waals surface area contributed by atoms with Gasteiger partial charge in [-0.25, -0.2) is 0 Å². The van der Waals surface area contributed by atoms with Crippen LogP contribution in [0.4, 0.5) is 11.5 Å². The van der Waals surface area contributed by atoms with Crippen LogP contribution in [0.15, 0.2) is 6.20 Å². The van der Waals surface area contributed by atoms with Crippen LogP contribution in [-0.2, 0) is 0 Å². The molecule has 0 bridgehead atoms. The van der Waals surface area contributed by atoms with Crippen molar-refractivity contribution in [1.82, 2.24) is 10.2 Å². The Balaban J connectivity index is 2.42. The molecular formula is C8H14N4O2. The number of rotatable bonds is 6. The molecule has 0 aliphatic carbocycles. The number of nitro groups is 1. The SMILES string of the molecule is CCCCCNc1cn[nH]c1[N+](=O)[O-]. The van der Waals surface area contributed by atoms with Crippen molar-refractivity contribution in [2.45, 2.75) is 26.2 Å². The van der Waals surface area contributed by atoms with E-state index >= 15 is 0 Å². The molecule has 0 aliphatic rings. The highest BCUT2D eigenvalue weighted by atomic mass is 16.6.